The lowest BCUT2D eigenvalue weighted by molar-refractivity contribution is -0.150. The van der Waals surface area contributed by atoms with Crippen molar-refractivity contribution in [1.29, 1.82) is 0 Å². The molecule has 8 amide bonds. The van der Waals surface area contributed by atoms with Gasteiger partial charge in [0.1, 0.15) is 30.8 Å². The minimum atomic E-state index is -5.86. The Balaban J connectivity index is 0.891. The van der Waals surface area contributed by atoms with E-state index in [4.69, 9.17) is 9.47 Å². The number of unbranched alkanes of at least 4 members (excludes halogenated alkanes) is 2. The van der Waals surface area contributed by atoms with Crippen LogP contribution >= 0.6 is 18.9 Å². The lowest BCUT2D eigenvalue weighted by atomic mass is 9.85. The molecule has 19 nitrogen and oxygen atoms in total. The van der Waals surface area contributed by atoms with Crippen molar-refractivity contribution in [3.8, 4) is 11.8 Å². The van der Waals surface area contributed by atoms with Gasteiger partial charge in [-0.05, 0) is 66.0 Å². The molecule has 0 aliphatic carbocycles. The van der Waals surface area contributed by atoms with Crippen LogP contribution in [0.2, 0.25) is 0 Å². The zero-order valence-electron chi connectivity index (χ0n) is 41.1. The normalized spacial score (nSPS) is 20.6. The van der Waals surface area contributed by atoms with Crippen LogP contribution in [0.3, 0.4) is 0 Å². The molecule has 396 valence electrons. The summed E-state index contributed by atoms with van der Waals surface area (Å²) >= 11 is 0.928. The summed E-state index contributed by atoms with van der Waals surface area (Å²) < 4.78 is 53.2. The first kappa shape index (κ1) is 54.5. The molecule has 75 heavy (non-hydrogen) atoms. The molecule has 3 aromatic carbocycles. The Morgan fingerprint density at radius 1 is 0.973 bits per heavy atom. The first-order chi connectivity index (χ1) is 35.5. The van der Waals surface area contributed by atoms with E-state index in [1.807, 2.05) is 30.3 Å². The molecule has 2 unspecified atom stereocenters. The Labute approximate surface area is 433 Å². The molecule has 5 heterocycles. The molecular weight excluding hydrogens is 1020 g/mol. The number of alkyl halides is 2. The molecule has 4 aliphatic rings. The van der Waals surface area contributed by atoms with Crippen LogP contribution in [0.1, 0.15) is 112 Å². The number of carbonyl (C=O) groups is 8. The molecule has 4 aromatic rings. The average molecular weight is 1070 g/mol. The van der Waals surface area contributed by atoms with Gasteiger partial charge in [-0.3, -0.25) is 53.1 Å². The molecule has 23 heteroatoms. The fraction of sp³-hybridized carbons (Fsp3) is 0.423. The highest BCUT2D eigenvalue weighted by atomic mass is 32.1. The largest absolute Gasteiger partial charge is 0.399 e. The first-order valence-corrected chi connectivity index (χ1v) is 26.7. The summed E-state index contributed by atoms with van der Waals surface area (Å²) in [5.41, 5.74) is -4.93. The van der Waals surface area contributed by atoms with Gasteiger partial charge in [-0.2, -0.15) is 8.78 Å². The molecule has 4 aliphatic heterocycles. The van der Waals surface area contributed by atoms with E-state index in [9.17, 15) is 61.5 Å². The Morgan fingerprint density at radius 3 is 2.45 bits per heavy atom. The highest BCUT2D eigenvalue weighted by Gasteiger charge is 2.51. The van der Waals surface area contributed by atoms with E-state index in [0.29, 0.717) is 29.5 Å². The molecule has 0 radical (unpaired) electrons. The number of hydrogen-bond acceptors (Lipinski definition) is 12. The third-order valence-corrected chi connectivity index (χ3v) is 15.5. The number of rotatable bonds is 15. The molecule has 5 atom stereocenters. The highest BCUT2D eigenvalue weighted by Crippen LogP contribution is 2.59. The second-order valence-electron chi connectivity index (χ2n) is 19.7. The van der Waals surface area contributed by atoms with Crippen LogP contribution in [0, 0.1) is 17.3 Å². The Hall–Kier alpha value is -6.73. The maximum atomic E-state index is 14.8. The second kappa shape index (κ2) is 22.2. The van der Waals surface area contributed by atoms with Gasteiger partial charge in [0, 0.05) is 54.7 Å². The summed E-state index contributed by atoms with van der Waals surface area (Å²) in [6.45, 7) is 5.62. The van der Waals surface area contributed by atoms with Gasteiger partial charge in [-0.25, -0.2) is 0 Å². The predicted molar refractivity (Wildman–Crippen MR) is 267 cm³/mol. The SMILES string of the molecule is CC(C)(C)[C@H](NC(=O)c1cc2cc(C(F)(F)P(=O)(O)O)ccc2s1)C(=O)N1C[C@@H](OCC(=O)NCCCCC#Cc2cccc3c2C(=O)N(C2CCC(=O)NC2=O)C3=O)C[C@H]1C(=O)N1CCOC(c2ccccc2)C1. The van der Waals surface area contributed by atoms with Crippen LogP contribution in [0.15, 0.2) is 72.8 Å². The number of benzene rings is 3. The van der Waals surface area contributed by atoms with Crippen molar-refractivity contribution in [3.05, 3.63) is 105 Å². The molecule has 5 N–H and O–H groups in total. The van der Waals surface area contributed by atoms with Gasteiger partial charge in [0.2, 0.25) is 29.5 Å². The zero-order valence-corrected chi connectivity index (χ0v) is 42.8. The van der Waals surface area contributed by atoms with Gasteiger partial charge in [-0.1, -0.05) is 75.1 Å². The van der Waals surface area contributed by atoms with Crippen molar-refractivity contribution in [2.45, 2.75) is 95.3 Å². The zero-order chi connectivity index (χ0) is 54.0. The third-order valence-electron chi connectivity index (χ3n) is 13.4. The van der Waals surface area contributed by atoms with Gasteiger partial charge in [0.05, 0.1) is 35.3 Å². The van der Waals surface area contributed by atoms with Crippen molar-refractivity contribution in [2.75, 3.05) is 39.4 Å². The number of likely N-dealkylation sites (tertiary alicyclic amines) is 1. The molecule has 8 rings (SSSR count). The van der Waals surface area contributed by atoms with Crippen LogP contribution in [0.5, 0.6) is 0 Å². The van der Waals surface area contributed by atoms with Gasteiger partial charge in [0.25, 0.3) is 17.7 Å². The fourth-order valence-electron chi connectivity index (χ4n) is 9.44. The Bertz CT molecular complexity index is 3060. The highest BCUT2D eigenvalue weighted by molar-refractivity contribution is 7.52. The first-order valence-electron chi connectivity index (χ1n) is 24.3. The topological polar surface area (TPSA) is 258 Å². The van der Waals surface area contributed by atoms with E-state index in [0.717, 1.165) is 33.9 Å². The number of thiophene rings is 1. The van der Waals surface area contributed by atoms with Crippen LogP contribution < -0.4 is 16.0 Å². The maximum absolute atomic E-state index is 14.8. The molecular formula is C52H55F2N6O13PS. The van der Waals surface area contributed by atoms with E-state index in [1.165, 1.54) is 23.1 Å². The van der Waals surface area contributed by atoms with Crippen LogP contribution in [0.25, 0.3) is 10.1 Å². The predicted octanol–water partition coefficient (Wildman–Crippen LogP) is 4.60. The quantitative estimate of drug-likeness (QED) is 0.0473. The number of fused-ring (bicyclic) bond motifs is 2. The number of piperidine rings is 1. The monoisotopic (exact) mass is 1070 g/mol. The maximum Gasteiger partial charge on any atom is 0.399 e. The summed E-state index contributed by atoms with van der Waals surface area (Å²) in [6.07, 6.45) is 0.326. The summed E-state index contributed by atoms with van der Waals surface area (Å²) in [7, 11) is -5.86. The van der Waals surface area contributed by atoms with Crippen LogP contribution in [-0.2, 0) is 43.7 Å². The third kappa shape index (κ3) is 11.9. The van der Waals surface area contributed by atoms with Crippen LogP contribution in [0.4, 0.5) is 8.78 Å². The van der Waals surface area contributed by atoms with E-state index < -0.39 is 103 Å². The van der Waals surface area contributed by atoms with E-state index >= 15 is 0 Å². The number of morpholine rings is 1. The molecule has 3 fully saturated rings. The van der Waals surface area contributed by atoms with Crippen molar-refractivity contribution in [2.24, 2.45) is 5.41 Å². The van der Waals surface area contributed by atoms with Crippen LogP contribution in [-0.4, -0.2) is 135 Å². The average Bonchev–Trinajstić information content (AvgIpc) is 4.09. The number of carbonyl (C=O) groups excluding carboxylic acids is 8. The van der Waals surface area contributed by atoms with E-state index in [1.54, 1.807) is 37.8 Å². The Kier molecular flexibility index (Phi) is 16.2. The number of hydrogen-bond donors (Lipinski definition) is 5. The summed E-state index contributed by atoms with van der Waals surface area (Å²) in [6, 6.07) is 15.0. The van der Waals surface area contributed by atoms with Gasteiger partial charge >= 0.3 is 13.3 Å². The molecule has 0 bridgehead atoms. The number of nitrogens with one attached hydrogen (secondary N) is 3. The summed E-state index contributed by atoms with van der Waals surface area (Å²) in [4.78, 5) is 129. The number of amides is 8. The number of ether oxygens (including phenoxy) is 2. The fourth-order valence-corrected chi connectivity index (χ4v) is 10.9. The van der Waals surface area contributed by atoms with Gasteiger partial charge in [0.15, 0.2) is 0 Å². The molecule has 0 spiro atoms. The van der Waals surface area contributed by atoms with Gasteiger partial charge < -0.3 is 39.7 Å². The lowest BCUT2D eigenvalue weighted by Crippen LogP contribution is -2.58. The Morgan fingerprint density at radius 2 is 1.73 bits per heavy atom. The van der Waals surface area contributed by atoms with E-state index in [-0.39, 0.29) is 79.3 Å². The molecule has 0 saturated carbocycles. The minimum Gasteiger partial charge on any atom is -0.370 e. The van der Waals surface area contributed by atoms with Crippen molar-refractivity contribution in [3.63, 3.8) is 0 Å². The molecule has 1 aromatic heterocycles. The number of nitrogens with zero attached hydrogens (tertiary/aromatic N) is 3. The van der Waals surface area contributed by atoms with Crippen molar-refractivity contribution < 1.29 is 71.0 Å². The minimum absolute atomic E-state index is 0.00161. The smallest absolute Gasteiger partial charge is 0.370 e. The lowest BCUT2D eigenvalue weighted by Gasteiger charge is -2.38. The van der Waals surface area contributed by atoms with Crippen molar-refractivity contribution >= 4 is 76.3 Å². The number of imide groups is 2. The van der Waals surface area contributed by atoms with Gasteiger partial charge in [-0.15, -0.1) is 11.3 Å². The standard InChI is InChI=1S/C52H55F2N6O13PS/c1-51(2,3)44(57-46(64)40-25-32-24-33(17-19-39(32)75-40)52(53,54)74(69,70)71)50(68)59-27-34(26-37(59)48(66)58-22-23-72-38(28-58)30-12-8-6-9-13-30)73-29-42(62)55-21-10-5-4-7-14-31-15-11-16-35-43(31)49(67)60(47(35)65)36-18-20-41(61)56-45(36)63/h6,8-9,11-13,15-17,19,24-25,34,36-38,44H,4-5,10,18,20-23,26-29H2,1-3H3,(H,55,62)(H,57,64)(H,56,61,63)(H2,69,70,71)/t34-,36?,37-,38?,44+/m0/s1. The second-order valence-corrected chi connectivity index (χ2v) is 22.5. The number of halogens is 2. The summed E-state index contributed by atoms with van der Waals surface area (Å²) in [5.74, 6) is 1.36. The summed E-state index contributed by atoms with van der Waals surface area (Å²) in [5, 5.41) is 7.90. The van der Waals surface area contributed by atoms with E-state index in [2.05, 4.69) is 27.8 Å². The molecule has 3 saturated heterocycles. The van der Waals surface area contributed by atoms with Crippen molar-refractivity contribution in [1.82, 2.24) is 30.7 Å².